The normalized spacial score (nSPS) is 19.3. The monoisotopic (exact) mass is 439 g/mol. The highest BCUT2D eigenvalue weighted by Gasteiger charge is 2.26. The lowest BCUT2D eigenvalue weighted by Crippen LogP contribution is -2.52. The van der Waals surface area contributed by atoms with Crippen molar-refractivity contribution in [3.63, 3.8) is 0 Å². The van der Waals surface area contributed by atoms with Crippen LogP contribution in [0.5, 0.6) is 0 Å². The Balaban J connectivity index is 1.41. The van der Waals surface area contributed by atoms with Crippen molar-refractivity contribution in [3.05, 3.63) is 39.9 Å². The number of hydrogen-bond acceptors (Lipinski definition) is 4. The van der Waals surface area contributed by atoms with Gasteiger partial charge in [0.2, 0.25) is 11.8 Å². The number of hydrogen-bond donors (Lipinski definition) is 1. The third-order valence-corrected chi connectivity index (χ3v) is 6.19. The summed E-state index contributed by atoms with van der Waals surface area (Å²) in [6.45, 7) is 4.69. The number of rotatable bonds is 6. The van der Waals surface area contributed by atoms with Crippen LogP contribution in [0.4, 0.5) is 0 Å². The van der Waals surface area contributed by atoms with Gasteiger partial charge in [-0.15, -0.1) is 0 Å². The van der Waals surface area contributed by atoms with Gasteiger partial charge in [-0.1, -0.05) is 29.3 Å². The molecule has 1 aromatic rings. The minimum Gasteiger partial charge on any atom is -0.393 e. The lowest BCUT2D eigenvalue weighted by molar-refractivity contribution is -0.142. The minimum atomic E-state index is -0.184. The largest absolute Gasteiger partial charge is 0.393 e. The molecule has 2 saturated heterocycles. The molecule has 2 aliphatic rings. The summed E-state index contributed by atoms with van der Waals surface area (Å²) in [5.41, 5.74) is 0.781. The SMILES string of the molecule is O=C(/C=C/c1ccc(Cl)c(Cl)c1)N1CCN(CCCN2CCC(O)CC2)C(=O)C1. The first kappa shape index (κ1) is 22.1. The van der Waals surface area contributed by atoms with Crippen LogP contribution in [-0.4, -0.2) is 83.5 Å². The van der Waals surface area contributed by atoms with Crippen LogP contribution in [-0.2, 0) is 9.59 Å². The van der Waals surface area contributed by atoms with Gasteiger partial charge >= 0.3 is 0 Å². The molecule has 2 fully saturated rings. The third kappa shape index (κ3) is 6.44. The molecule has 0 atom stereocenters. The molecule has 1 aromatic carbocycles. The van der Waals surface area contributed by atoms with Gasteiger partial charge in [0, 0.05) is 38.8 Å². The van der Waals surface area contributed by atoms with E-state index in [1.165, 1.54) is 6.08 Å². The second-order valence-electron chi connectivity index (χ2n) is 7.57. The lowest BCUT2D eigenvalue weighted by atomic mass is 10.1. The van der Waals surface area contributed by atoms with E-state index in [1.54, 1.807) is 29.2 Å². The highest BCUT2D eigenvalue weighted by atomic mass is 35.5. The third-order valence-electron chi connectivity index (χ3n) is 5.45. The van der Waals surface area contributed by atoms with Crippen molar-refractivity contribution in [3.8, 4) is 0 Å². The Bertz CT molecular complexity index is 764. The first-order chi connectivity index (χ1) is 13.9. The lowest BCUT2D eigenvalue weighted by Gasteiger charge is -2.35. The molecule has 1 N–H and O–H groups in total. The van der Waals surface area contributed by atoms with Crippen LogP contribution >= 0.6 is 23.2 Å². The summed E-state index contributed by atoms with van der Waals surface area (Å²) in [4.78, 5) is 30.6. The molecule has 158 valence electrons. The maximum atomic E-state index is 12.4. The molecule has 0 aromatic heterocycles. The Morgan fingerprint density at radius 1 is 1.10 bits per heavy atom. The van der Waals surface area contributed by atoms with Crippen molar-refractivity contribution in [1.82, 2.24) is 14.7 Å². The van der Waals surface area contributed by atoms with Gasteiger partial charge in [-0.3, -0.25) is 9.59 Å². The molecule has 6 nitrogen and oxygen atoms in total. The Hall–Kier alpha value is -1.60. The van der Waals surface area contributed by atoms with Crippen molar-refractivity contribution in [1.29, 1.82) is 0 Å². The standard InChI is InChI=1S/C21H27Cl2N3O3/c22-18-4-2-16(14-19(18)23)3-5-20(28)26-13-12-25(21(29)15-26)9-1-8-24-10-6-17(27)7-11-24/h2-5,14,17,27H,1,6-13,15H2/b5-3+. The van der Waals surface area contributed by atoms with Crippen molar-refractivity contribution in [2.75, 3.05) is 45.8 Å². The number of nitrogens with zero attached hydrogens (tertiary/aromatic N) is 3. The number of amides is 2. The zero-order valence-corrected chi connectivity index (χ0v) is 17.9. The van der Waals surface area contributed by atoms with Crippen LogP contribution < -0.4 is 0 Å². The molecule has 0 saturated carbocycles. The van der Waals surface area contributed by atoms with Crippen molar-refractivity contribution < 1.29 is 14.7 Å². The zero-order valence-electron chi connectivity index (χ0n) is 16.4. The highest BCUT2D eigenvalue weighted by Crippen LogP contribution is 2.23. The summed E-state index contributed by atoms with van der Waals surface area (Å²) in [6.07, 6.45) is 5.55. The molecule has 3 rings (SSSR count). The van der Waals surface area contributed by atoms with E-state index in [2.05, 4.69) is 4.90 Å². The number of benzene rings is 1. The molecule has 2 heterocycles. The number of aliphatic hydroxyl groups is 1. The average Bonchev–Trinajstić information content (AvgIpc) is 2.71. The molecule has 0 radical (unpaired) electrons. The van der Waals surface area contributed by atoms with Gasteiger partial charge in [0.15, 0.2) is 0 Å². The predicted molar refractivity (Wildman–Crippen MR) is 115 cm³/mol. The predicted octanol–water partition coefficient (Wildman–Crippen LogP) is 2.52. The molecule has 2 amide bonds. The summed E-state index contributed by atoms with van der Waals surface area (Å²) in [5.74, 6) is -0.197. The van der Waals surface area contributed by atoms with Gasteiger partial charge in [0.05, 0.1) is 16.1 Å². The van der Waals surface area contributed by atoms with Crippen LogP contribution in [0.3, 0.4) is 0 Å². The van der Waals surface area contributed by atoms with Crippen LogP contribution in [0.2, 0.25) is 10.0 Å². The fraction of sp³-hybridized carbons (Fsp3) is 0.524. The molecule has 0 spiro atoms. The first-order valence-electron chi connectivity index (χ1n) is 10.0. The average molecular weight is 440 g/mol. The van der Waals surface area contributed by atoms with Crippen LogP contribution in [0.15, 0.2) is 24.3 Å². The topological polar surface area (TPSA) is 64.1 Å². The van der Waals surface area contributed by atoms with Crippen LogP contribution in [0, 0.1) is 0 Å². The molecule has 0 aliphatic carbocycles. The van der Waals surface area contributed by atoms with Gasteiger partial charge in [0.25, 0.3) is 0 Å². The van der Waals surface area contributed by atoms with E-state index in [0.717, 1.165) is 44.5 Å². The molecule has 0 unspecified atom stereocenters. The molecular weight excluding hydrogens is 413 g/mol. The van der Waals surface area contributed by atoms with Crippen molar-refractivity contribution in [2.24, 2.45) is 0 Å². The van der Waals surface area contributed by atoms with Gasteiger partial charge in [0.1, 0.15) is 6.54 Å². The molecule has 8 heteroatoms. The number of carbonyl (C=O) groups is 2. The van der Waals surface area contributed by atoms with Gasteiger partial charge in [-0.05, 0) is 49.6 Å². The number of likely N-dealkylation sites (tertiary alicyclic amines) is 1. The summed E-state index contributed by atoms with van der Waals surface area (Å²) in [5, 5.41) is 10.5. The smallest absolute Gasteiger partial charge is 0.247 e. The zero-order chi connectivity index (χ0) is 20.8. The number of piperidine rings is 1. The quantitative estimate of drug-likeness (QED) is 0.691. The molecular formula is C21H27Cl2N3O3. The summed E-state index contributed by atoms with van der Waals surface area (Å²) in [7, 11) is 0. The Morgan fingerprint density at radius 3 is 2.55 bits per heavy atom. The van der Waals surface area contributed by atoms with E-state index < -0.39 is 0 Å². The molecule has 0 bridgehead atoms. The number of halogens is 2. The minimum absolute atomic E-state index is 0.0124. The van der Waals surface area contributed by atoms with E-state index in [4.69, 9.17) is 23.2 Å². The van der Waals surface area contributed by atoms with Gasteiger partial charge in [-0.2, -0.15) is 0 Å². The highest BCUT2D eigenvalue weighted by molar-refractivity contribution is 6.42. The van der Waals surface area contributed by atoms with E-state index >= 15 is 0 Å². The van der Waals surface area contributed by atoms with Crippen LogP contribution in [0.1, 0.15) is 24.8 Å². The van der Waals surface area contributed by atoms with E-state index in [1.807, 2.05) is 4.90 Å². The van der Waals surface area contributed by atoms with Gasteiger partial charge < -0.3 is 19.8 Å². The van der Waals surface area contributed by atoms with E-state index in [-0.39, 0.29) is 24.5 Å². The summed E-state index contributed by atoms with van der Waals surface area (Å²) < 4.78 is 0. The second kappa shape index (κ2) is 10.4. The maximum absolute atomic E-state index is 12.4. The fourth-order valence-electron chi connectivity index (χ4n) is 3.65. The van der Waals surface area contributed by atoms with Gasteiger partial charge in [-0.25, -0.2) is 0 Å². The molecule has 2 aliphatic heterocycles. The van der Waals surface area contributed by atoms with E-state index in [9.17, 15) is 14.7 Å². The molecule has 29 heavy (non-hydrogen) atoms. The summed E-state index contributed by atoms with van der Waals surface area (Å²) in [6, 6.07) is 5.16. The fourth-order valence-corrected chi connectivity index (χ4v) is 3.96. The Kier molecular flexibility index (Phi) is 7.95. The maximum Gasteiger partial charge on any atom is 0.247 e. The van der Waals surface area contributed by atoms with Crippen LogP contribution in [0.25, 0.3) is 6.08 Å². The van der Waals surface area contributed by atoms with Crippen molar-refractivity contribution in [2.45, 2.75) is 25.4 Å². The van der Waals surface area contributed by atoms with Crippen molar-refractivity contribution >= 4 is 41.1 Å². The Morgan fingerprint density at radius 2 is 1.86 bits per heavy atom. The summed E-state index contributed by atoms with van der Waals surface area (Å²) >= 11 is 11.9. The van der Waals surface area contributed by atoms with E-state index in [0.29, 0.717) is 29.7 Å². The second-order valence-corrected chi connectivity index (χ2v) is 8.39. The number of carbonyl (C=O) groups excluding carboxylic acids is 2. The number of aliphatic hydroxyl groups excluding tert-OH is 1. The first-order valence-corrected chi connectivity index (χ1v) is 10.8. The Labute approximate surface area is 181 Å². The number of piperazine rings is 1.